The minimum absolute atomic E-state index is 0.101. The van der Waals surface area contributed by atoms with Crippen LogP contribution in [0.4, 0.5) is 5.69 Å². The fourth-order valence-electron chi connectivity index (χ4n) is 2.09. The Balaban J connectivity index is 2.27. The molecule has 0 saturated carbocycles. The molecule has 0 spiro atoms. The number of para-hydroxylation sites is 1. The van der Waals surface area contributed by atoms with Crippen LogP contribution < -0.4 is 11.1 Å². The van der Waals surface area contributed by atoms with Crippen LogP contribution in [-0.2, 0) is 4.79 Å². The van der Waals surface area contributed by atoms with Crippen molar-refractivity contribution in [3.8, 4) is 11.5 Å². The van der Waals surface area contributed by atoms with Crippen molar-refractivity contribution in [2.45, 2.75) is 20.8 Å². The van der Waals surface area contributed by atoms with Gasteiger partial charge in [-0.3, -0.25) is 4.79 Å². The maximum Gasteiger partial charge on any atom is 0.249 e. The average Bonchev–Trinajstić information content (AvgIpc) is 2.86. The normalized spacial score (nSPS) is 12.4. The lowest BCUT2D eigenvalue weighted by atomic mass is 9.95. The van der Waals surface area contributed by atoms with E-state index in [9.17, 15) is 4.79 Å². The summed E-state index contributed by atoms with van der Waals surface area (Å²) in [6, 6.07) is 7.33. The molecule has 0 radical (unpaired) electrons. The fraction of sp³-hybridized carbons (Fsp3) is 0.400. The largest absolute Gasteiger partial charge is 0.421 e. The standard InChI is InChI=1S/C15H20N4O2/c1-9(2)12(8-16)14(20)17-13-7-5-4-6-11(13)15-19-18-10(3)21-15/h4-7,9,12H,8,16H2,1-3H3,(H,17,20). The van der Waals surface area contributed by atoms with Gasteiger partial charge in [0.2, 0.25) is 17.7 Å². The lowest BCUT2D eigenvalue weighted by Gasteiger charge is -2.19. The maximum absolute atomic E-state index is 12.3. The van der Waals surface area contributed by atoms with Gasteiger partial charge in [-0.25, -0.2) is 0 Å². The van der Waals surface area contributed by atoms with Gasteiger partial charge < -0.3 is 15.5 Å². The third kappa shape index (κ3) is 3.46. The van der Waals surface area contributed by atoms with E-state index in [0.717, 1.165) is 0 Å². The van der Waals surface area contributed by atoms with E-state index in [1.165, 1.54) is 0 Å². The topological polar surface area (TPSA) is 94.0 Å². The quantitative estimate of drug-likeness (QED) is 0.879. The van der Waals surface area contributed by atoms with Crippen molar-refractivity contribution in [2.75, 3.05) is 11.9 Å². The molecule has 0 aliphatic heterocycles. The van der Waals surface area contributed by atoms with Crippen LogP contribution in [0, 0.1) is 18.8 Å². The number of nitrogens with one attached hydrogen (secondary N) is 1. The van der Waals surface area contributed by atoms with E-state index in [1.807, 2.05) is 32.0 Å². The van der Waals surface area contributed by atoms with Crippen LogP contribution >= 0.6 is 0 Å². The number of anilines is 1. The molecule has 0 aliphatic carbocycles. The number of nitrogens with two attached hydrogens (primary N) is 1. The molecule has 2 rings (SSSR count). The SMILES string of the molecule is Cc1nnc(-c2ccccc2NC(=O)C(CN)C(C)C)o1. The first-order chi connectivity index (χ1) is 10.0. The molecular weight excluding hydrogens is 268 g/mol. The number of aromatic nitrogens is 2. The Kier molecular flexibility index (Phi) is 4.70. The van der Waals surface area contributed by atoms with Gasteiger partial charge in [0.25, 0.3) is 0 Å². The van der Waals surface area contributed by atoms with Gasteiger partial charge in [-0.15, -0.1) is 10.2 Å². The summed E-state index contributed by atoms with van der Waals surface area (Å²) in [4.78, 5) is 12.3. The smallest absolute Gasteiger partial charge is 0.249 e. The summed E-state index contributed by atoms with van der Waals surface area (Å²) in [7, 11) is 0. The first-order valence-corrected chi connectivity index (χ1v) is 6.93. The predicted octanol–water partition coefficient (Wildman–Crippen LogP) is 2.21. The maximum atomic E-state index is 12.3. The average molecular weight is 288 g/mol. The van der Waals surface area contributed by atoms with Crippen LogP contribution in [0.25, 0.3) is 11.5 Å². The second-order valence-corrected chi connectivity index (χ2v) is 5.25. The van der Waals surface area contributed by atoms with Gasteiger partial charge in [0.1, 0.15) is 0 Å². The van der Waals surface area contributed by atoms with Crippen molar-refractivity contribution in [1.82, 2.24) is 10.2 Å². The van der Waals surface area contributed by atoms with Crippen LogP contribution in [0.2, 0.25) is 0 Å². The van der Waals surface area contributed by atoms with Gasteiger partial charge in [-0.05, 0) is 18.1 Å². The molecule has 1 atom stereocenters. The fourth-order valence-corrected chi connectivity index (χ4v) is 2.09. The number of carbonyl (C=O) groups is 1. The summed E-state index contributed by atoms with van der Waals surface area (Å²) >= 11 is 0. The number of benzene rings is 1. The van der Waals surface area contributed by atoms with Crippen molar-refractivity contribution in [1.29, 1.82) is 0 Å². The monoisotopic (exact) mass is 288 g/mol. The number of amides is 1. The highest BCUT2D eigenvalue weighted by Gasteiger charge is 2.22. The molecular formula is C15H20N4O2. The number of carbonyl (C=O) groups excluding carboxylic acids is 1. The Morgan fingerprint density at radius 2 is 2.05 bits per heavy atom. The van der Waals surface area contributed by atoms with Crippen molar-refractivity contribution < 1.29 is 9.21 Å². The molecule has 0 bridgehead atoms. The number of rotatable bonds is 5. The lowest BCUT2D eigenvalue weighted by molar-refractivity contribution is -0.120. The minimum Gasteiger partial charge on any atom is -0.421 e. The van der Waals surface area contributed by atoms with Crippen LogP contribution in [0.1, 0.15) is 19.7 Å². The van der Waals surface area contributed by atoms with Crippen LogP contribution in [0.15, 0.2) is 28.7 Å². The van der Waals surface area contributed by atoms with Crippen LogP contribution in [-0.4, -0.2) is 22.6 Å². The summed E-state index contributed by atoms with van der Waals surface area (Å²) in [6.45, 7) is 5.99. The molecule has 1 aromatic heterocycles. The van der Waals surface area contributed by atoms with Crippen molar-refractivity contribution >= 4 is 11.6 Å². The molecule has 1 amide bonds. The van der Waals surface area contributed by atoms with E-state index in [2.05, 4.69) is 15.5 Å². The zero-order valence-electron chi connectivity index (χ0n) is 12.5. The number of hydrogen-bond acceptors (Lipinski definition) is 5. The Bertz CT molecular complexity index is 622. The number of nitrogens with zero attached hydrogens (tertiary/aromatic N) is 2. The highest BCUT2D eigenvalue weighted by molar-refractivity contribution is 5.96. The third-order valence-electron chi connectivity index (χ3n) is 3.34. The summed E-state index contributed by atoms with van der Waals surface area (Å²) < 4.78 is 5.43. The van der Waals surface area contributed by atoms with Gasteiger partial charge in [0.15, 0.2) is 0 Å². The van der Waals surface area contributed by atoms with Crippen molar-refractivity contribution in [2.24, 2.45) is 17.6 Å². The second kappa shape index (κ2) is 6.49. The number of hydrogen-bond donors (Lipinski definition) is 2. The van der Waals surface area contributed by atoms with Gasteiger partial charge in [0, 0.05) is 13.5 Å². The first kappa shape index (κ1) is 15.2. The molecule has 1 heterocycles. The lowest BCUT2D eigenvalue weighted by Crippen LogP contribution is -2.33. The Morgan fingerprint density at radius 3 is 2.62 bits per heavy atom. The highest BCUT2D eigenvalue weighted by Crippen LogP contribution is 2.27. The molecule has 2 aromatic rings. The van der Waals surface area contributed by atoms with E-state index in [4.69, 9.17) is 10.2 Å². The van der Waals surface area contributed by atoms with E-state index < -0.39 is 0 Å². The van der Waals surface area contributed by atoms with Crippen molar-refractivity contribution in [3.05, 3.63) is 30.2 Å². The highest BCUT2D eigenvalue weighted by atomic mass is 16.4. The minimum atomic E-state index is -0.234. The van der Waals surface area contributed by atoms with E-state index >= 15 is 0 Å². The van der Waals surface area contributed by atoms with Gasteiger partial charge >= 0.3 is 0 Å². The molecule has 0 saturated heterocycles. The van der Waals surface area contributed by atoms with E-state index in [0.29, 0.717) is 29.6 Å². The zero-order chi connectivity index (χ0) is 15.4. The molecule has 21 heavy (non-hydrogen) atoms. The molecule has 0 fully saturated rings. The third-order valence-corrected chi connectivity index (χ3v) is 3.34. The molecule has 6 nitrogen and oxygen atoms in total. The first-order valence-electron chi connectivity index (χ1n) is 6.93. The van der Waals surface area contributed by atoms with Gasteiger partial charge in [-0.1, -0.05) is 26.0 Å². The Morgan fingerprint density at radius 1 is 1.33 bits per heavy atom. The predicted molar refractivity (Wildman–Crippen MR) is 80.5 cm³/mol. The summed E-state index contributed by atoms with van der Waals surface area (Å²) in [5, 5.41) is 10.7. The van der Waals surface area contributed by atoms with E-state index in [-0.39, 0.29) is 17.7 Å². The summed E-state index contributed by atoms with van der Waals surface area (Å²) in [5.41, 5.74) is 7.02. The Labute approximate surface area is 123 Å². The molecule has 3 N–H and O–H groups in total. The van der Waals surface area contributed by atoms with Crippen molar-refractivity contribution in [3.63, 3.8) is 0 Å². The van der Waals surface area contributed by atoms with Gasteiger partial charge in [-0.2, -0.15) is 0 Å². The zero-order valence-corrected chi connectivity index (χ0v) is 12.5. The molecule has 112 valence electrons. The molecule has 1 unspecified atom stereocenters. The molecule has 0 aliphatic rings. The number of aryl methyl sites for hydroxylation is 1. The van der Waals surface area contributed by atoms with E-state index in [1.54, 1.807) is 13.0 Å². The molecule has 6 heteroatoms. The van der Waals surface area contributed by atoms with Crippen LogP contribution in [0.3, 0.4) is 0 Å². The summed E-state index contributed by atoms with van der Waals surface area (Å²) in [6.07, 6.45) is 0. The van der Waals surface area contributed by atoms with Gasteiger partial charge in [0.05, 0.1) is 17.2 Å². The van der Waals surface area contributed by atoms with Crippen LogP contribution in [0.5, 0.6) is 0 Å². The second-order valence-electron chi connectivity index (χ2n) is 5.25. The summed E-state index contributed by atoms with van der Waals surface area (Å²) in [5.74, 6) is 0.705. The Hall–Kier alpha value is -2.21. The molecule has 1 aromatic carbocycles.